The number of hydrogen-bond donors (Lipinski definition) is 2. The van der Waals surface area contributed by atoms with Crippen molar-refractivity contribution >= 4 is 17.3 Å². The first-order valence-corrected chi connectivity index (χ1v) is 6.01. The first kappa shape index (κ1) is 14.1. The summed E-state index contributed by atoms with van der Waals surface area (Å²) in [4.78, 5) is 8.11. The monoisotopic (exact) mass is 280 g/mol. The smallest absolute Gasteiger partial charge is 0.158 e. The minimum Gasteiger partial charge on any atom is -0.384 e. The van der Waals surface area contributed by atoms with E-state index in [1.165, 1.54) is 6.07 Å². The zero-order valence-electron chi connectivity index (χ0n) is 10.9. The predicted octanol–water partition coefficient (Wildman–Crippen LogP) is 2.62. The van der Waals surface area contributed by atoms with Gasteiger partial charge in [-0.05, 0) is 19.1 Å². The molecule has 0 aliphatic heterocycles. The van der Waals surface area contributed by atoms with Crippen molar-refractivity contribution in [2.24, 2.45) is 0 Å². The molecular weight excluding hydrogens is 266 g/mol. The molecule has 0 saturated heterocycles. The first-order chi connectivity index (χ1) is 9.58. The normalized spacial score (nSPS) is 10.6. The predicted molar refractivity (Wildman–Crippen MR) is 71.4 cm³/mol. The molecule has 5 nitrogen and oxygen atoms in total. The molecule has 0 aliphatic rings. The number of rotatable bonds is 5. The number of ether oxygens (including phenoxy) is 1. The molecule has 2 aromatic rings. The summed E-state index contributed by atoms with van der Waals surface area (Å²) in [5, 5.41) is 2.67. The fraction of sp³-hybridized carbons (Fsp3) is 0.231. The molecule has 0 aliphatic carbocycles. The first-order valence-electron chi connectivity index (χ1n) is 6.01. The molecule has 2 rings (SSSR count). The average Bonchev–Trinajstić information content (AvgIpc) is 2.40. The van der Waals surface area contributed by atoms with Gasteiger partial charge in [0, 0.05) is 18.7 Å². The molecular formula is C13H14F2N4O. The third-order valence-electron chi connectivity index (χ3n) is 2.42. The van der Waals surface area contributed by atoms with Gasteiger partial charge in [-0.15, -0.1) is 0 Å². The summed E-state index contributed by atoms with van der Waals surface area (Å²) in [5.41, 5.74) is 5.62. The quantitative estimate of drug-likeness (QED) is 0.880. The van der Waals surface area contributed by atoms with E-state index in [2.05, 4.69) is 15.3 Å². The second-order valence-corrected chi connectivity index (χ2v) is 3.98. The number of nitrogens with one attached hydrogen (secondary N) is 1. The Morgan fingerprint density at radius 3 is 2.80 bits per heavy atom. The summed E-state index contributed by atoms with van der Waals surface area (Å²) < 4.78 is 31.8. The van der Waals surface area contributed by atoms with Gasteiger partial charge in [0.2, 0.25) is 0 Å². The lowest BCUT2D eigenvalue weighted by atomic mass is 10.3. The van der Waals surface area contributed by atoms with E-state index in [0.717, 1.165) is 18.2 Å². The van der Waals surface area contributed by atoms with Crippen molar-refractivity contribution in [1.82, 2.24) is 9.97 Å². The van der Waals surface area contributed by atoms with Gasteiger partial charge in [0.1, 0.15) is 29.9 Å². The van der Waals surface area contributed by atoms with Gasteiger partial charge in [0.25, 0.3) is 0 Å². The fourth-order valence-electron chi connectivity index (χ4n) is 1.57. The molecule has 1 heterocycles. The Kier molecular flexibility index (Phi) is 4.41. The molecule has 7 heteroatoms. The van der Waals surface area contributed by atoms with Crippen LogP contribution in [0.1, 0.15) is 12.7 Å². The Morgan fingerprint density at radius 2 is 2.05 bits per heavy atom. The zero-order chi connectivity index (χ0) is 14.5. The second-order valence-electron chi connectivity index (χ2n) is 3.98. The highest BCUT2D eigenvalue weighted by atomic mass is 19.1. The standard InChI is InChI=1S/C13H14F2N4O/c1-2-20-7-13-18-11(16)6-12(19-13)17-10-5-8(14)3-4-9(10)15/h3-6H,2,7H2,1H3,(H3,16,17,18,19). The highest BCUT2D eigenvalue weighted by Gasteiger charge is 2.07. The molecule has 0 atom stereocenters. The maximum atomic E-state index is 13.5. The molecule has 1 aromatic carbocycles. The minimum atomic E-state index is -0.588. The van der Waals surface area contributed by atoms with Gasteiger partial charge in [-0.1, -0.05) is 0 Å². The van der Waals surface area contributed by atoms with Crippen LogP contribution in [-0.4, -0.2) is 16.6 Å². The van der Waals surface area contributed by atoms with E-state index in [0.29, 0.717) is 12.4 Å². The molecule has 0 saturated carbocycles. The van der Waals surface area contributed by atoms with Crippen molar-refractivity contribution in [1.29, 1.82) is 0 Å². The van der Waals surface area contributed by atoms with Crippen molar-refractivity contribution in [2.45, 2.75) is 13.5 Å². The second kappa shape index (κ2) is 6.25. The van der Waals surface area contributed by atoms with Gasteiger partial charge in [-0.2, -0.15) is 0 Å². The SMILES string of the molecule is CCOCc1nc(N)cc(Nc2cc(F)ccc2F)n1. The van der Waals surface area contributed by atoms with E-state index in [-0.39, 0.29) is 23.9 Å². The molecule has 0 radical (unpaired) electrons. The summed E-state index contributed by atoms with van der Waals surface area (Å²) in [7, 11) is 0. The Hall–Kier alpha value is -2.28. The third-order valence-corrected chi connectivity index (χ3v) is 2.42. The van der Waals surface area contributed by atoms with Crippen molar-refractivity contribution in [3.05, 3.63) is 41.7 Å². The fourth-order valence-corrected chi connectivity index (χ4v) is 1.57. The van der Waals surface area contributed by atoms with Gasteiger partial charge in [0.15, 0.2) is 5.82 Å². The van der Waals surface area contributed by atoms with Crippen molar-refractivity contribution in [3.8, 4) is 0 Å². The van der Waals surface area contributed by atoms with Crippen LogP contribution in [0.2, 0.25) is 0 Å². The van der Waals surface area contributed by atoms with Crippen LogP contribution in [0, 0.1) is 11.6 Å². The number of hydrogen-bond acceptors (Lipinski definition) is 5. The van der Waals surface area contributed by atoms with Crippen LogP contribution in [0.5, 0.6) is 0 Å². The van der Waals surface area contributed by atoms with Gasteiger partial charge in [-0.3, -0.25) is 0 Å². The summed E-state index contributed by atoms with van der Waals surface area (Å²) in [5.74, 6) is -0.280. The van der Waals surface area contributed by atoms with Crippen LogP contribution in [0.25, 0.3) is 0 Å². The Balaban J connectivity index is 2.24. The van der Waals surface area contributed by atoms with E-state index >= 15 is 0 Å². The number of anilines is 3. The third kappa shape index (κ3) is 3.61. The molecule has 0 bridgehead atoms. The van der Waals surface area contributed by atoms with Crippen LogP contribution in [0.15, 0.2) is 24.3 Å². The topological polar surface area (TPSA) is 73.1 Å². The lowest BCUT2D eigenvalue weighted by molar-refractivity contribution is 0.128. The van der Waals surface area contributed by atoms with E-state index < -0.39 is 11.6 Å². The maximum absolute atomic E-state index is 13.5. The van der Waals surface area contributed by atoms with Gasteiger partial charge in [-0.25, -0.2) is 18.7 Å². The van der Waals surface area contributed by atoms with E-state index in [1.54, 1.807) is 0 Å². The minimum absolute atomic E-state index is 0.0227. The number of benzene rings is 1. The van der Waals surface area contributed by atoms with E-state index in [9.17, 15) is 8.78 Å². The number of nitrogens with two attached hydrogens (primary N) is 1. The molecule has 3 N–H and O–H groups in total. The Labute approximate surface area is 114 Å². The van der Waals surface area contributed by atoms with Crippen molar-refractivity contribution < 1.29 is 13.5 Å². The van der Waals surface area contributed by atoms with Gasteiger partial charge < -0.3 is 15.8 Å². The lowest BCUT2D eigenvalue weighted by Gasteiger charge is -2.09. The molecule has 0 unspecified atom stereocenters. The average molecular weight is 280 g/mol. The number of nitrogen functional groups attached to an aromatic ring is 1. The largest absolute Gasteiger partial charge is 0.384 e. The zero-order valence-corrected chi connectivity index (χ0v) is 10.9. The summed E-state index contributed by atoms with van der Waals surface area (Å²) in [6.45, 7) is 2.55. The highest BCUT2D eigenvalue weighted by molar-refractivity contribution is 5.59. The van der Waals surface area contributed by atoms with Crippen molar-refractivity contribution in [2.75, 3.05) is 17.7 Å². The molecule has 0 amide bonds. The van der Waals surface area contributed by atoms with Gasteiger partial charge >= 0.3 is 0 Å². The molecule has 20 heavy (non-hydrogen) atoms. The van der Waals surface area contributed by atoms with Crippen LogP contribution in [0.3, 0.4) is 0 Å². The van der Waals surface area contributed by atoms with E-state index in [4.69, 9.17) is 10.5 Å². The summed E-state index contributed by atoms with van der Waals surface area (Å²) in [6, 6.07) is 4.54. The lowest BCUT2D eigenvalue weighted by Crippen LogP contribution is -2.06. The molecule has 0 spiro atoms. The van der Waals surface area contributed by atoms with Crippen LogP contribution >= 0.6 is 0 Å². The molecule has 106 valence electrons. The van der Waals surface area contributed by atoms with Crippen LogP contribution in [0.4, 0.5) is 26.1 Å². The number of nitrogens with zero attached hydrogens (tertiary/aromatic N) is 2. The maximum Gasteiger partial charge on any atom is 0.158 e. The Bertz CT molecular complexity index is 607. The Morgan fingerprint density at radius 1 is 1.25 bits per heavy atom. The van der Waals surface area contributed by atoms with E-state index in [1.807, 2.05) is 6.92 Å². The molecule has 0 fully saturated rings. The van der Waals surface area contributed by atoms with Gasteiger partial charge in [0.05, 0.1) is 5.69 Å². The molecule has 1 aromatic heterocycles. The highest BCUT2D eigenvalue weighted by Crippen LogP contribution is 2.20. The van der Waals surface area contributed by atoms with Crippen molar-refractivity contribution in [3.63, 3.8) is 0 Å². The van der Waals surface area contributed by atoms with Crippen LogP contribution in [-0.2, 0) is 11.3 Å². The summed E-state index contributed by atoms with van der Waals surface area (Å²) in [6.07, 6.45) is 0. The van der Waals surface area contributed by atoms with Crippen LogP contribution < -0.4 is 11.1 Å². The number of aromatic nitrogens is 2. The summed E-state index contributed by atoms with van der Waals surface area (Å²) >= 11 is 0. The number of halogens is 2.